The van der Waals surface area contributed by atoms with Crippen LogP contribution in [0.15, 0.2) is 24.7 Å². The van der Waals surface area contributed by atoms with E-state index in [1.807, 2.05) is 26.0 Å². The zero-order valence-electron chi connectivity index (χ0n) is 9.57. The van der Waals surface area contributed by atoms with E-state index in [-0.39, 0.29) is 0 Å². The van der Waals surface area contributed by atoms with E-state index in [9.17, 15) is 0 Å². The van der Waals surface area contributed by atoms with Crippen molar-refractivity contribution in [3.05, 3.63) is 40.8 Å². The zero-order valence-corrected chi connectivity index (χ0v) is 10.3. The second kappa shape index (κ2) is 4.59. The first kappa shape index (κ1) is 11.7. The molecule has 1 heterocycles. The van der Waals surface area contributed by atoms with Gasteiger partial charge in [0.15, 0.2) is 0 Å². The Morgan fingerprint density at radius 2 is 1.88 bits per heavy atom. The van der Waals surface area contributed by atoms with Gasteiger partial charge in [-0.1, -0.05) is 11.6 Å². The van der Waals surface area contributed by atoms with Gasteiger partial charge in [-0.3, -0.25) is 0 Å². The standard InChI is InChI=1S/C12H12ClN3O/c1-7-3-9(4-8(2)11(7)13)17-12-10(14)5-15-6-16-12/h3-6H,14H2,1-2H3. The van der Waals surface area contributed by atoms with Crippen LogP contribution in [-0.2, 0) is 0 Å². The Kier molecular flexibility index (Phi) is 3.15. The van der Waals surface area contributed by atoms with Crippen molar-refractivity contribution in [3.8, 4) is 11.6 Å². The minimum Gasteiger partial charge on any atom is -0.437 e. The highest BCUT2D eigenvalue weighted by Gasteiger charge is 2.07. The van der Waals surface area contributed by atoms with Crippen LogP contribution in [0.25, 0.3) is 0 Å². The first-order valence-electron chi connectivity index (χ1n) is 5.08. The van der Waals surface area contributed by atoms with Crippen LogP contribution in [0.3, 0.4) is 0 Å². The Bertz CT molecular complexity index is 534. The van der Waals surface area contributed by atoms with Crippen molar-refractivity contribution in [1.82, 2.24) is 9.97 Å². The van der Waals surface area contributed by atoms with Crippen LogP contribution >= 0.6 is 11.6 Å². The summed E-state index contributed by atoms with van der Waals surface area (Å²) in [5.41, 5.74) is 8.01. The maximum atomic E-state index is 6.08. The van der Waals surface area contributed by atoms with Gasteiger partial charge in [0.2, 0.25) is 5.88 Å². The maximum Gasteiger partial charge on any atom is 0.245 e. The van der Waals surface area contributed by atoms with E-state index in [0.29, 0.717) is 17.3 Å². The second-order valence-electron chi connectivity index (χ2n) is 3.76. The molecule has 0 aliphatic carbocycles. The molecule has 0 atom stereocenters. The maximum absolute atomic E-state index is 6.08. The number of aromatic nitrogens is 2. The van der Waals surface area contributed by atoms with Gasteiger partial charge in [0.05, 0.1) is 6.20 Å². The van der Waals surface area contributed by atoms with Crippen molar-refractivity contribution in [2.75, 3.05) is 5.73 Å². The predicted octanol–water partition coefficient (Wildman–Crippen LogP) is 3.12. The molecule has 2 rings (SSSR count). The number of nitrogens with zero attached hydrogens (tertiary/aromatic N) is 2. The molecule has 0 aliphatic heterocycles. The Morgan fingerprint density at radius 1 is 1.24 bits per heavy atom. The van der Waals surface area contributed by atoms with E-state index in [2.05, 4.69) is 9.97 Å². The van der Waals surface area contributed by atoms with Crippen molar-refractivity contribution in [1.29, 1.82) is 0 Å². The molecule has 0 saturated heterocycles. The quantitative estimate of drug-likeness (QED) is 0.888. The molecule has 2 N–H and O–H groups in total. The third-order valence-electron chi connectivity index (χ3n) is 2.33. The van der Waals surface area contributed by atoms with E-state index >= 15 is 0 Å². The summed E-state index contributed by atoms with van der Waals surface area (Å²) in [7, 11) is 0. The first-order valence-corrected chi connectivity index (χ1v) is 5.46. The van der Waals surface area contributed by atoms with Crippen molar-refractivity contribution < 1.29 is 4.74 Å². The Morgan fingerprint density at radius 3 is 2.47 bits per heavy atom. The van der Waals surface area contributed by atoms with E-state index in [1.54, 1.807) is 0 Å². The van der Waals surface area contributed by atoms with E-state index in [4.69, 9.17) is 22.1 Å². The largest absolute Gasteiger partial charge is 0.437 e. The molecule has 0 bridgehead atoms. The van der Waals surface area contributed by atoms with Gasteiger partial charge in [-0.05, 0) is 37.1 Å². The van der Waals surface area contributed by atoms with Crippen molar-refractivity contribution in [3.63, 3.8) is 0 Å². The zero-order chi connectivity index (χ0) is 12.4. The molecular formula is C12H12ClN3O. The van der Waals surface area contributed by atoms with Crippen LogP contribution in [0, 0.1) is 13.8 Å². The number of benzene rings is 1. The molecule has 1 aromatic carbocycles. The predicted molar refractivity (Wildman–Crippen MR) is 67.4 cm³/mol. The van der Waals surface area contributed by atoms with Crippen LogP contribution in [0.5, 0.6) is 11.6 Å². The summed E-state index contributed by atoms with van der Waals surface area (Å²) in [6.45, 7) is 3.84. The fraction of sp³-hybridized carbons (Fsp3) is 0.167. The van der Waals surface area contributed by atoms with Crippen LogP contribution in [0.2, 0.25) is 5.02 Å². The normalized spacial score (nSPS) is 10.3. The molecule has 4 nitrogen and oxygen atoms in total. The van der Waals surface area contributed by atoms with Gasteiger partial charge in [0.1, 0.15) is 17.8 Å². The smallest absolute Gasteiger partial charge is 0.245 e. The summed E-state index contributed by atoms with van der Waals surface area (Å²) in [5.74, 6) is 1.01. The minimum atomic E-state index is 0.348. The second-order valence-corrected chi connectivity index (χ2v) is 4.13. The molecule has 0 spiro atoms. The number of anilines is 1. The highest BCUT2D eigenvalue weighted by Crippen LogP contribution is 2.29. The number of ether oxygens (including phenoxy) is 1. The van der Waals surface area contributed by atoms with Crippen molar-refractivity contribution in [2.45, 2.75) is 13.8 Å². The molecule has 5 heteroatoms. The number of nitrogens with two attached hydrogens (primary N) is 1. The topological polar surface area (TPSA) is 61.0 Å². The summed E-state index contributed by atoms with van der Waals surface area (Å²) in [4.78, 5) is 7.76. The van der Waals surface area contributed by atoms with E-state index < -0.39 is 0 Å². The van der Waals surface area contributed by atoms with Gasteiger partial charge in [0, 0.05) is 5.02 Å². The van der Waals surface area contributed by atoms with Crippen LogP contribution in [-0.4, -0.2) is 9.97 Å². The molecule has 2 aromatic rings. The molecule has 88 valence electrons. The number of rotatable bonds is 2. The summed E-state index contributed by atoms with van der Waals surface area (Å²) in [6.07, 6.45) is 2.89. The van der Waals surface area contributed by atoms with E-state index in [1.165, 1.54) is 12.5 Å². The van der Waals surface area contributed by atoms with Crippen molar-refractivity contribution in [2.24, 2.45) is 0 Å². The number of hydrogen-bond acceptors (Lipinski definition) is 4. The molecule has 0 amide bonds. The highest BCUT2D eigenvalue weighted by atomic mass is 35.5. The SMILES string of the molecule is Cc1cc(Oc2ncncc2N)cc(C)c1Cl. The molecule has 0 aliphatic rings. The Hall–Kier alpha value is -1.81. The average molecular weight is 250 g/mol. The lowest BCUT2D eigenvalue weighted by molar-refractivity contribution is 0.463. The van der Waals surface area contributed by atoms with Crippen LogP contribution in [0.4, 0.5) is 5.69 Å². The van der Waals surface area contributed by atoms with Gasteiger partial charge in [-0.25, -0.2) is 4.98 Å². The number of hydrogen-bond donors (Lipinski definition) is 1. The van der Waals surface area contributed by atoms with Gasteiger partial charge in [-0.2, -0.15) is 4.98 Å². The lowest BCUT2D eigenvalue weighted by Gasteiger charge is -2.09. The van der Waals surface area contributed by atoms with Gasteiger partial charge >= 0.3 is 0 Å². The first-order chi connectivity index (χ1) is 8.08. The fourth-order valence-electron chi connectivity index (χ4n) is 1.49. The van der Waals surface area contributed by atoms with Crippen LogP contribution < -0.4 is 10.5 Å². The lowest BCUT2D eigenvalue weighted by atomic mass is 10.1. The Labute approximate surface area is 104 Å². The molecule has 17 heavy (non-hydrogen) atoms. The number of nitrogen functional groups attached to an aromatic ring is 1. The third kappa shape index (κ3) is 2.47. The third-order valence-corrected chi connectivity index (χ3v) is 2.92. The van der Waals surface area contributed by atoms with Crippen molar-refractivity contribution >= 4 is 17.3 Å². The molecular weight excluding hydrogens is 238 g/mol. The summed E-state index contributed by atoms with van der Waals surface area (Å²) in [6, 6.07) is 3.69. The Balaban J connectivity index is 2.34. The monoisotopic (exact) mass is 249 g/mol. The molecule has 1 aromatic heterocycles. The summed E-state index contributed by atoms with van der Waals surface area (Å²) >= 11 is 6.08. The van der Waals surface area contributed by atoms with Gasteiger partial charge < -0.3 is 10.5 Å². The fourth-order valence-corrected chi connectivity index (χ4v) is 1.60. The number of aryl methyl sites for hydroxylation is 2. The minimum absolute atomic E-state index is 0.348. The molecule has 0 saturated carbocycles. The van der Waals surface area contributed by atoms with Gasteiger partial charge in [0.25, 0.3) is 0 Å². The van der Waals surface area contributed by atoms with Gasteiger partial charge in [-0.15, -0.1) is 0 Å². The molecule has 0 fully saturated rings. The number of halogens is 1. The molecule has 0 unspecified atom stereocenters. The molecule has 0 radical (unpaired) electrons. The van der Waals surface area contributed by atoms with E-state index in [0.717, 1.165) is 16.1 Å². The van der Waals surface area contributed by atoms with Crippen LogP contribution in [0.1, 0.15) is 11.1 Å². The summed E-state index contributed by atoms with van der Waals surface area (Å²) < 4.78 is 5.59. The average Bonchev–Trinajstić information content (AvgIpc) is 2.29. The highest BCUT2D eigenvalue weighted by molar-refractivity contribution is 6.32. The lowest BCUT2D eigenvalue weighted by Crippen LogP contribution is -1.96. The summed E-state index contributed by atoms with van der Waals surface area (Å²) in [5, 5.41) is 0.744.